The van der Waals surface area contributed by atoms with E-state index in [0.29, 0.717) is 5.92 Å². The van der Waals surface area contributed by atoms with Gasteiger partial charge in [-0.3, -0.25) is 9.89 Å². The van der Waals surface area contributed by atoms with E-state index in [-0.39, 0.29) is 5.41 Å². The molecule has 0 radical (unpaired) electrons. The fourth-order valence-corrected chi connectivity index (χ4v) is 4.52. The van der Waals surface area contributed by atoms with E-state index >= 15 is 0 Å². The lowest BCUT2D eigenvalue weighted by molar-refractivity contribution is 0.164. The van der Waals surface area contributed by atoms with Gasteiger partial charge in [-0.1, -0.05) is 19.9 Å². The number of hydrogen-bond acceptors (Lipinski definition) is 5. The topological polar surface area (TPSA) is 65.7 Å². The summed E-state index contributed by atoms with van der Waals surface area (Å²) < 4.78 is 5.73. The number of piperidine rings is 1. The Balaban J connectivity index is 1.38. The second-order valence-electron chi connectivity index (χ2n) is 8.64. The molecule has 160 valence electrons. The highest BCUT2D eigenvalue weighted by molar-refractivity contribution is 7.10. The minimum Gasteiger partial charge on any atom is -0.444 e. The zero-order chi connectivity index (χ0) is 20.9. The van der Waals surface area contributed by atoms with E-state index in [1.165, 1.54) is 17.7 Å². The molecule has 2 aromatic heterocycles. The Labute approximate surface area is 178 Å². The number of aromatic nitrogens is 1. The van der Waals surface area contributed by atoms with Crippen LogP contribution in [0.15, 0.2) is 26.9 Å². The number of nitrogens with zero attached hydrogens (tertiary/aromatic N) is 3. The number of aliphatic imine (C=N–C) groups is 1. The number of guanidine groups is 1. The first-order chi connectivity index (χ1) is 13.9. The number of hydrogen-bond donors (Lipinski definition) is 2. The van der Waals surface area contributed by atoms with Gasteiger partial charge >= 0.3 is 0 Å². The number of aryl methyl sites for hydroxylation is 2. The van der Waals surface area contributed by atoms with Crippen LogP contribution in [0.5, 0.6) is 0 Å². The minimum absolute atomic E-state index is 0.0910. The van der Waals surface area contributed by atoms with Crippen LogP contribution >= 0.6 is 11.3 Å². The number of rotatable bonds is 7. The maximum Gasteiger partial charge on any atom is 0.208 e. The van der Waals surface area contributed by atoms with E-state index in [9.17, 15) is 0 Å². The molecule has 0 aromatic carbocycles. The van der Waals surface area contributed by atoms with Crippen LogP contribution in [0.25, 0.3) is 0 Å². The number of thiophene rings is 1. The lowest BCUT2D eigenvalue weighted by Crippen LogP contribution is -2.45. The fourth-order valence-electron chi connectivity index (χ4n) is 3.66. The van der Waals surface area contributed by atoms with Gasteiger partial charge in [0.25, 0.3) is 0 Å². The highest BCUT2D eigenvalue weighted by Gasteiger charge is 2.23. The second kappa shape index (κ2) is 9.76. The summed E-state index contributed by atoms with van der Waals surface area (Å²) >= 11 is 1.81. The Kier molecular flexibility index (Phi) is 7.35. The molecule has 6 nitrogen and oxygen atoms in total. The first-order valence-electron chi connectivity index (χ1n) is 10.5. The number of oxazole rings is 1. The first kappa shape index (κ1) is 21.8. The predicted octanol–water partition coefficient (Wildman–Crippen LogP) is 3.71. The van der Waals surface area contributed by atoms with E-state index in [0.717, 1.165) is 56.0 Å². The Morgan fingerprint density at radius 1 is 1.31 bits per heavy atom. The van der Waals surface area contributed by atoms with Crippen molar-refractivity contribution in [3.05, 3.63) is 39.7 Å². The van der Waals surface area contributed by atoms with Crippen molar-refractivity contribution in [3.63, 3.8) is 0 Å². The summed E-state index contributed by atoms with van der Waals surface area (Å²) in [6.07, 6.45) is 2.37. The maximum absolute atomic E-state index is 5.73. The van der Waals surface area contributed by atoms with Gasteiger partial charge in [-0.2, -0.15) is 0 Å². The van der Waals surface area contributed by atoms with E-state index in [1.54, 1.807) is 0 Å². The molecule has 1 fully saturated rings. The van der Waals surface area contributed by atoms with Crippen molar-refractivity contribution in [1.29, 1.82) is 0 Å². The third-order valence-corrected chi connectivity index (χ3v) is 7.04. The molecule has 0 amide bonds. The van der Waals surface area contributed by atoms with Crippen LogP contribution in [0.1, 0.15) is 48.9 Å². The molecule has 2 aromatic rings. The van der Waals surface area contributed by atoms with Crippen LogP contribution in [0.2, 0.25) is 0 Å². The third-order valence-electron chi connectivity index (χ3n) is 5.81. The summed E-state index contributed by atoms with van der Waals surface area (Å²) in [5.41, 5.74) is 1.09. The van der Waals surface area contributed by atoms with Gasteiger partial charge in [-0.05, 0) is 57.1 Å². The Hall–Kier alpha value is -1.86. The lowest BCUT2D eigenvalue weighted by atomic mass is 9.91. The van der Waals surface area contributed by atoms with Crippen LogP contribution in [0, 0.1) is 19.8 Å². The Morgan fingerprint density at radius 3 is 2.66 bits per heavy atom. The predicted molar refractivity (Wildman–Crippen MR) is 121 cm³/mol. The van der Waals surface area contributed by atoms with Gasteiger partial charge in [0, 0.05) is 30.4 Å². The van der Waals surface area contributed by atoms with Gasteiger partial charge in [-0.25, -0.2) is 4.98 Å². The molecule has 0 saturated carbocycles. The number of nitrogens with one attached hydrogen (secondary N) is 2. The number of likely N-dealkylation sites (tertiary alicyclic amines) is 1. The SMILES string of the molecule is CN=C(NCC1CCN(Cc2nc(C)c(C)o2)CC1)NCC(C)(C)c1cccs1. The molecule has 1 aliphatic heterocycles. The summed E-state index contributed by atoms with van der Waals surface area (Å²) in [6.45, 7) is 13.3. The molecule has 7 heteroatoms. The molecule has 0 spiro atoms. The molecule has 3 heterocycles. The summed E-state index contributed by atoms with van der Waals surface area (Å²) in [5.74, 6) is 3.33. The van der Waals surface area contributed by atoms with Crippen LogP contribution in [-0.4, -0.2) is 49.1 Å². The Morgan fingerprint density at radius 2 is 2.07 bits per heavy atom. The van der Waals surface area contributed by atoms with Crippen molar-refractivity contribution in [2.45, 2.75) is 52.5 Å². The molecule has 0 atom stereocenters. The minimum atomic E-state index is 0.0910. The first-order valence-corrected chi connectivity index (χ1v) is 11.4. The van der Waals surface area contributed by atoms with Crippen molar-refractivity contribution >= 4 is 17.3 Å². The van der Waals surface area contributed by atoms with E-state index < -0.39 is 0 Å². The molecule has 3 rings (SSSR count). The summed E-state index contributed by atoms with van der Waals surface area (Å²) in [6, 6.07) is 4.32. The van der Waals surface area contributed by atoms with E-state index in [2.05, 4.69) is 56.9 Å². The zero-order valence-corrected chi connectivity index (χ0v) is 19.2. The molecule has 0 unspecified atom stereocenters. The third kappa shape index (κ3) is 6.06. The van der Waals surface area contributed by atoms with Crippen LogP contribution in [0.3, 0.4) is 0 Å². The quantitative estimate of drug-likeness (QED) is 0.531. The monoisotopic (exact) mass is 417 g/mol. The fraction of sp³-hybridized carbons (Fsp3) is 0.636. The average Bonchev–Trinajstić information content (AvgIpc) is 3.34. The molecule has 2 N–H and O–H groups in total. The van der Waals surface area contributed by atoms with Gasteiger partial charge in [0.2, 0.25) is 5.89 Å². The van der Waals surface area contributed by atoms with Crippen molar-refractivity contribution in [1.82, 2.24) is 20.5 Å². The molecule has 0 aliphatic carbocycles. The van der Waals surface area contributed by atoms with Gasteiger partial charge in [-0.15, -0.1) is 11.3 Å². The summed E-state index contributed by atoms with van der Waals surface area (Å²) in [5, 5.41) is 9.17. The molecular weight excluding hydrogens is 382 g/mol. The second-order valence-corrected chi connectivity index (χ2v) is 9.58. The van der Waals surface area contributed by atoms with E-state index in [1.807, 2.05) is 32.2 Å². The molecule has 29 heavy (non-hydrogen) atoms. The largest absolute Gasteiger partial charge is 0.444 e. The zero-order valence-electron chi connectivity index (χ0n) is 18.4. The van der Waals surface area contributed by atoms with Crippen LogP contribution in [0.4, 0.5) is 0 Å². The van der Waals surface area contributed by atoms with Crippen molar-refractivity contribution in [2.24, 2.45) is 10.9 Å². The molecule has 0 bridgehead atoms. The van der Waals surface area contributed by atoms with Gasteiger partial charge < -0.3 is 15.1 Å². The highest BCUT2D eigenvalue weighted by atomic mass is 32.1. The average molecular weight is 418 g/mol. The van der Waals surface area contributed by atoms with Crippen molar-refractivity contribution in [3.8, 4) is 0 Å². The maximum atomic E-state index is 5.73. The van der Waals surface area contributed by atoms with Gasteiger partial charge in [0.15, 0.2) is 5.96 Å². The van der Waals surface area contributed by atoms with Crippen molar-refractivity contribution in [2.75, 3.05) is 33.2 Å². The molecule has 1 aliphatic rings. The van der Waals surface area contributed by atoms with Gasteiger partial charge in [0.05, 0.1) is 12.2 Å². The normalized spacial score (nSPS) is 16.9. The van der Waals surface area contributed by atoms with Gasteiger partial charge in [0.1, 0.15) is 5.76 Å². The molecular formula is C22H35N5OS. The van der Waals surface area contributed by atoms with Crippen molar-refractivity contribution < 1.29 is 4.42 Å². The summed E-state index contributed by atoms with van der Waals surface area (Å²) in [4.78, 5) is 12.7. The lowest BCUT2D eigenvalue weighted by Gasteiger charge is -2.31. The highest BCUT2D eigenvalue weighted by Crippen LogP contribution is 2.26. The van der Waals surface area contributed by atoms with Crippen LogP contribution in [-0.2, 0) is 12.0 Å². The van der Waals surface area contributed by atoms with Crippen LogP contribution < -0.4 is 10.6 Å². The standard InChI is InChI=1S/C22H35N5OS/c1-16-17(2)28-20(26-16)14-27-10-8-18(9-11-27)13-24-21(23-5)25-15-22(3,4)19-7-6-12-29-19/h6-7,12,18H,8-11,13-15H2,1-5H3,(H2,23,24,25). The molecule has 1 saturated heterocycles. The Bertz CT molecular complexity index is 769. The smallest absolute Gasteiger partial charge is 0.208 e. The summed E-state index contributed by atoms with van der Waals surface area (Å²) in [7, 11) is 1.84. The van der Waals surface area contributed by atoms with E-state index in [4.69, 9.17) is 4.42 Å².